The van der Waals surface area contributed by atoms with E-state index in [0.29, 0.717) is 55.7 Å². The van der Waals surface area contributed by atoms with Crippen LogP contribution in [-0.4, -0.2) is 66.2 Å². The smallest absolute Gasteiger partial charge is 0.242 e. The van der Waals surface area contributed by atoms with Crippen molar-refractivity contribution in [3.63, 3.8) is 0 Å². The van der Waals surface area contributed by atoms with Crippen molar-refractivity contribution in [2.75, 3.05) is 44.9 Å². The molecule has 0 spiro atoms. The molecule has 0 unspecified atom stereocenters. The SMILES string of the molecule is COc1ccc(Cl)cc1N1C[C@@H](c2nc3ccccc3n2CC(=O)N2CCOCC2)CC1=O. The summed E-state index contributed by atoms with van der Waals surface area (Å²) in [6.07, 6.45) is 0.296. The Morgan fingerprint density at radius 2 is 2.00 bits per heavy atom. The van der Waals surface area contributed by atoms with Crippen molar-refractivity contribution in [3.05, 3.63) is 53.3 Å². The second kappa shape index (κ2) is 9.03. The molecule has 3 aromatic rings. The molecule has 2 aliphatic heterocycles. The van der Waals surface area contributed by atoms with Gasteiger partial charge in [-0.1, -0.05) is 23.7 Å². The third-order valence-corrected chi connectivity index (χ3v) is 6.50. The molecule has 3 heterocycles. The maximum Gasteiger partial charge on any atom is 0.242 e. The number of imidazole rings is 1. The van der Waals surface area contributed by atoms with Crippen LogP contribution in [0.5, 0.6) is 5.75 Å². The summed E-state index contributed by atoms with van der Waals surface area (Å²) >= 11 is 6.20. The summed E-state index contributed by atoms with van der Waals surface area (Å²) in [5, 5.41) is 0.533. The van der Waals surface area contributed by atoms with E-state index in [9.17, 15) is 9.59 Å². The first-order valence-electron chi connectivity index (χ1n) is 11.0. The number of hydrogen-bond acceptors (Lipinski definition) is 5. The largest absolute Gasteiger partial charge is 0.495 e. The molecule has 9 heteroatoms. The van der Waals surface area contributed by atoms with E-state index in [1.807, 2.05) is 33.7 Å². The van der Waals surface area contributed by atoms with Crippen LogP contribution in [0, 0.1) is 0 Å². The number of methoxy groups -OCH3 is 1. The molecule has 0 N–H and O–H groups in total. The van der Waals surface area contributed by atoms with Gasteiger partial charge < -0.3 is 23.8 Å². The van der Waals surface area contributed by atoms with Crippen molar-refractivity contribution in [1.82, 2.24) is 14.5 Å². The van der Waals surface area contributed by atoms with Gasteiger partial charge in [0, 0.05) is 37.0 Å². The Kier molecular flexibility index (Phi) is 5.95. The summed E-state index contributed by atoms with van der Waals surface area (Å²) in [5.41, 5.74) is 2.35. The van der Waals surface area contributed by atoms with Gasteiger partial charge in [0.05, 0.1) is 37.0 Å². The zero-order valence-corrected chi connectivity index (χ0v) is 19.1. The molecule has 33 heavy (non-hydrogen) atoms. The summed E-state index contributed by atoms with van der Waals surface area (Å²) in [4.78, 5) is 34.5. The summed E-state index contributed by atoms with van der Waals surface area (Å²) in [6, 6.07) is 13.0. The molecule has 0 saturated carbocycles. The number of fused-ring (bicyclic) bond motifs is 1. The Hall–Kier alpha value is -3.10. The highest BCUT2D eigenvalue weighted by molar-refractivity contribution is 6.31. The Balaban J connectivity index is 1.47. The molecule has 2 fully saturated rings. The zero-order chi connectivity index (χ0) is 22.9. The lowest BCUT2D eigenvalue weighted by molar-refractivity contribution is -0.135. The number of carbonyl (C=O) groups excluding carboxylic acids is 2. The van der Waals surface area contributed by atoms with Gasteiger partial charge in [-0.25, -0.2) is 4.98 Å². The normalized spacial score (nSPS) is 18.8. The van der Waals surface area contributed by atoms with Gasteiger partial charge in [-0.2, -0.15) is 0 Å². The van der Waals surface area contributed by atoms with Crippen molar-refractivity contribution >= 4 is 40.1 Å². The fraction of sp³-hybridized carbons (Fsp3) is 0.375. The average molecular weight is 469 g/mol. The fourth-order valence-corrected chi connectivity index (χ4v) is 4.77. The number of anilines is 1. The summed E-state index contributed by atoms with van der Waals surface area (Å²) in [5.74, 6) is 1.17. The van der Waals surface area contributed by atoms with Crippen LogP contribution in [0.4, 0.5) is 5.69 Å². The molecule has 172 valence electrons. The molecule has 0 radical (unpaired) electrons. The van der Waals surface area contributed by atoms with E-state index in [0.717, 1.165) is 16.9 Å². The first kappa shape index (κ1) is 21.7. The van der Waals surface area contributed by atoms with Gasteiger partial charge in [-0.15, -0.1) is 0 Å². The minimum atomic E-state index is -0.161. The first-order chi connectivity index (χ1) is 16.0. The highest BCUT2D eigenvalue weighted by Crippen LogP contribution is 2.38. The third-order valence-electron chi connectivity index (χ3n) is 6.26. The average Bonchev–Trinajstić information content (AvgIpc) is 3.40. The minimum Gasteiger partial charge on any atom is -0.495 e. The second-order valence-corrected chi connectivity index (χ2v) is 8.70. The van der Waals surface area contributed by atoms with Crippen LogP contribution in [0.3, 0.4) is 0 Å². The van der Waals surface area contributed by atoms with Crippen molar-refractivity contribution in [2.45, 2.75) is 18.9 Å². The van der Waals surface area contributed by atoms with E-state index in [1.165, 1.54) is 0 Å². The van der Waals surface area contributed by atoms with Gasteiger partial charge in [0.25, 0.3) is 0 Å². The number of ether oxygens (including phenoxy) is 2. The molecular weight excluding hydrogens is 444 g/mol. The van der Waals surface area contributed by atoms with Crippen LogP contribution in [0.15, 0.2) is 42.5 Å². The van der Waals surface area contributed by atoms with Crippen LogP contribution in [0.25, 0.3) is 11.0 Å². The van der Waals surface area contributed by atoms with Crippen LogP contribution < -0.4 is 9.64 Å². The predicted molar refractivity (Wildman–Crippen MR) is 125 cm³/mol. The molecule has 1 atom stereocenters. The molecule has 2 aliphatic rings. The highest BCUT2D eigenvalue weighted by atomic mass is 35.5. The Morgan fingerprint density at radius 1 is 1.21 bits per heavy atom. The van der Waals surface area contributed by atoms with E-state index in [1.54, 1.807) is 30.2 Å². The number of amides is 2. The van der Waals surface area contributed by atoms with Gasteiger partial charge in [0.15, 0.2) is 0 Å². The predicted octanol–water partition coefficient (Wildman–Crippen LogP) is 3.08. The number of rotatable bonds is 5. The number of benzene rings is 2. The van der Waals surface area contributed by atoms with Gasteiger partial charge in [-0.05, 0) is 30.3 Å². The van der Waals surface area contributed by atoms with Crippen LogP contribution in [0.1, 0.15) is 18.2 Å². The second-order valence-electron chi connectivity index (χ2n) is 8.26. The molecule has 0 bridgehead atoms. The van der Waals surface area contributed by atoms with E-state index < -0.39 is 0 Å². The lowest BCUT2D eigenvalue weighted by Gasteiger charge is -2.27. The van der Waals surface area contributed by atoms with Gasteiger partial charge in [0.1, 0.15) is 18.1 Å². The standard InChI is InChI=1S/C24H25ClN4O4/c1-32-21-7-6-17(25)13-20(21)28-14-16(12-22(28)30)24-26-18-4-2-3-5-19(18)29(24)15-23(31)27-8-10-33-11-9-27/h2-7,13,16H,8-12,14-15H2,1H3/t16-/m0/s1. The number of aromatic nitrogens is 2. The summed E-state index contributed by atoms with van der Waals surface area (Å²) in [6.45, 7) is 2.90. The molecule has 5 rings (SSSR count). The lowest BCUT2D eigenvalue weighted by Crippen LogP contribution is -2.42. The highest BCUT2D eigenvalue weighted by Gasteiger charge is 2.36. The van der Waals surface area contributed by atoms with E-state index in [4.69, 9.17) is 26.1 Å². The van der Waals surface area contributed by atoms with Gasteiger partial charge >= 0.3 is 0 Å². The van der Waals surface area contributed by atoms with E-state index >= 15 is 0 Å². The van der Waals surface area contributed by atoms with Crippen molar-refractivity contribution < 1.29 is 19.1 Å². The van der Waals surface area contributed by atoms with Crippen molar-refractivity contribution in [1.29, 1.82) is 0 Å². The first-order valence-corrected chi connectivity index (χ1v) is 11.4. The van der Waals surface area contributed by atoms with E-state index in [2.05, 4.69) is 0 Å². The molecule has 8 nitrogen and oxygen atoms in total. The topological polar surface area (TPSA) is 76.9 Å². The molecule has 2 saturated heterocycles. The van der Waals surface area contributed by atoms with Crippen molar-refractivity contribution in [2.24, 2.45) is 0 Å². The van der Waals surface area contributed by atoms with Gasteiger partial charge in [0.2, 0.25) is 11.8 Å². The number of carbonyl (C=O) groups is 2. The Morgan fingerprint density at radius 3 is 2.79 bits per heavy atom. The molecule has 0 aliphatic carbocycles. The number of halogens is 1. The maximum atomic E-state index is 13.1. The van der Waals surface area contributed by atoms with Crippen molar-refractivity contribution in [3.8, 4) is 5.75 Å². The number of nitrogens with zero attached hydrogens (tertiary/aromatic N) is 4. The van der Waals surface area contributed by atoms with E-state index in [-0.39, 0.29) is 24.3 Å². The molecule has 2 amide bonds. The molecular formula is C24H25ClN4O4. The fourth-order valence-electron chi connectivity index (χ4n) is 4.61. The number of para-hydroxylation sites is 2. The Labute approximate surface area is 196 Å². The van der Waals surface area contributed by atoms with Crippen LogP contribution in [-0.2, 0) is 20.9 Å². The zero-order valence-electron chi connectivity index (χ0n) is 18.4. The molecule has 2 aromatic carbocycles. The number of hydrogen-bond donors (Lipinski definition) is 0. The maximum absolute atomic E-state index is 13.1. The Bertz CT molecular complexity index is 1200. The quantitative estimate of drug-likeness (QED) is 0.575. The third kappa shape index (κ3) is 4.16. The van der Waals surface area contributed by atoms with Crippen LogP contribution in [0.2, 0.25) is 5.02 Å². The molecule has 1 aromatic heterocycles. The monoisotopic (exact) mass is 468 g/mol. The number of morpholine rings is 1. The lowest BCUT2D eigenvalue weighted by atomic mass is 10.1. The summed E-state index contributed by atoms with van der Waals surface area (Å²) < 4.78 is 12.8. The van der Waals surface area contributed by atoms with Gasteiger partial charge in [-0.3, -0.25) is 9.59 Å². The summed E-state index contributed by atoms with van der Waals surface area (Å²) in [7, 11) is 1.57. The van der Waals surface area contributed by atoms with Crippen LogP contribution >= 0.6 is 11.6 Å². The minimum absolute atomic E-state index is 0.0281.